The fourth-order valence-corrected chi connectivity index (χ4v) is 4.48. The van der Waals surface area contributed by atoms with E-state index in [-0.39, 0.29) is 17.6 Å². The Morgan fingerprint density at radius 1 is 1.16 bits per heavy atom. The Morgan fingerprint density at radius 2 is 1.84 bits per heavy atom. The molecule has 7 heteroatoms. The van der Waals surface area contributed by atoms with Gasteiger partial charge in [-0.05, 0) is 85.8 Å². The average molecular weight is 544 g/mol. The Morgan fingerprint density at radius 3 is 2.46 bits per heavy atom. The Hall–Kier alpha value is -2.80. The van der Waals surface area contributed by atoms with E-state index in [2.05, 4.69) is 18.8 Å². The second kappa shape index (κ2) is 15.5. The number of hydrogen-bond acceptors (Lipinski definition) is 4. The van der Waals surface area contributed by atoms with Crippen LogP contribution in [0.4, 0.5) is 10.1 Å². The topological polar surface area (TPSA) is 47.6 Å². The van der Waals surface area contributed by atoms with Gasteiger partial charge in [0, 0.05) is 21.9 Å². The van der Waals surface area contributed by atoms with Gasteiger partial charge in [-0.1, -0.05) is 36.7 Å². The summed E-state index contributed by atoms with van der Waals surface area (Å²) in [6, 6.07) is 16.0. The van der Waals surface area contributed by atoms with Crippen molar-refractivity contribution in [1.82, 2.24) is 0 Å². The van der Waals surface area contributed by atoms with Gasteiger partial charge in [0.05, 0.1) is 25.3 Å². The number of amides is 1. The lowest BCUT2D eigenvalue weighted by atomic mass is 10.1. The van der Waals surface area contributed by atoms with E-state index in [0.717, 1.165) is 27.5 Å². The van der Waals surface area contributed by atoms with Crippen molar-refractivity contribution in [1.29, 1.82) is 0 Å². The number of allylic oxidation sites excluding steroid dienone is 1. The minimum absolute atomic E-state index is 0.287. The fraction of sp³-hybridized carbons (Fsp3) is 0.300. The molecule has 4 nitrogen and oxygen atoms in total. The summed E-state index contributed by atoms with van der Waals surface area (Å²) >= 11 is 7.95. The Balaban J connectivity index is 0.00000153. The number of aryl methyl sites for hydroxylation is 1. The molecule has 3 aromatic rings. The molecule has 0 aromatic heterocycles. The van der Waals surface area contributed by atoms with Gasteiger partial charge >= 0.3 is 0 Å². The molecule has 0 aliphatic heterocycles. The van der Waals surface area contributed by atoms with Crippen molar-refractivity contribution in [2.24, 2.45) is 5.92 Å². The maximum Gasteiger partial charge on any atom is 0.255 e. The number of thioether (sulfide) groups is 1. The third-order valence-corrected chi connectivity index (χ3v) is 7.23. The van der Waals surface area contributed by atoms with E-state index in [9.17, 15) is 9.18 Å². The van der Waals surface area contributed by atoms with Crippen LogP contribution in [0.15, 0.2) is 72.1 Å². The zero-order valence-corrected chi connectivity index (χ0v) is 23.6. The van der Waals surface area contributed by atoms with Gasteiger partial charge in [0.15, 0.2) is 0 Å². The first-order valence-electron chi connectivity index (χ1n) is 12.0. The summed E-state index contributed by atoms with van der Waals surface area (Å²) in [4.78, 5) is 13.5. The van der Waals surface area contributed by atoms with Crippen LogP contribution >= 0.6 is 23.4 Å². The number of methoxy groups -OCH3 is 1. The zero-order chi connectivity index (χ0) is 27.4. The SMILES string of the molecule is C=CC.COc1ccc(COCC(C)CSc2cc(C(=O)Nc3cc(C)c(C)c(F)c3)ccc2Cl)cc1. The number of rotatable bonds is 10. The van der Waals surface area contributed by atoms with E-state index < -0.39 is 0 Å². The van der Waals surface area contributed by atoms with Gasteiger partial charge in [0.1, 0.15) is 11.6 Å². The van der Waals surface area contributed by atoms with E-state index in [1.807, 2.05) is 38.1 Å². The molecule has 198 valence electrons. The molecule has 1 atom stereocenters. The molecule has 1 amide bonds. The van der Waals surface area contributed by atoms with Gasteiger partial charge in [-0.3, -0.25) is 4.79 Å². The first-order valence-corrected chi connectivity index (χ1v) is 13.3. The van der Waals surface area contributed by atoms with E-state index in [1.54, 1.807) is 56.1 Å². The molecule has 0 saturated carbocycles. The van der Waals surface area contributed by atoms with Gasteiger partial charge < -0.3 is 14.8 Å². The number of benzene rings is 3. The number of halogens is 2. The van der Waals surface area contributed by atoms with E-state index in [4.69, 9.17) is 21.1 Å². The van der Waals surface area contributed by atoms with Crippen molar-refractivity contribution in [3.63, 3.8) is 0 Å². The lowest BCUT2D eigenvalue weighted by molar-refractivity contribution is 0.0982. The molecule has 0 saturated heterocycles. The first-order chi connectivity index (χ1) is 17.7. The third-order valence-electron chi connectivity index (χ3n) is 5.41. The van der Waals surface area contributed by atoms with Crippen LogP contribution in [-0.4, -0.2) is 25.4 Å². The summed E-state index contributed by atoms with van der Waals surface area (Å²) in [5, 5.41) is 3.36. The normalized spacial score (nSPS) is 11.2. The smallest absolute Gasteiger partial charge is 0.255 e. The molecule has 37 heavy (non-hydrogen) atoms. The molecule has 0 heterocycles. The number of nitrogens with one attached hydrogen (secondary N) is 1. The molecule has 0 spiro atoms. The van der Waals surface area contributed by atoms with Crippen LogP contribution in [0.3, 0.4) is 0 Å². The summed E-state index contributed by atoms with van der Waals surface area (Å²) in [6.07, 6.45) is 1.75. The second-order valence-electron chi connectivity index (χ2n) is 8.69. The van der Waals surface area contributed by atoms with Gasteiger partial charge in [0.25, 0.3) is 5.91 Å². The molecular formula is C30H35ClFNO3S. The Kier molecular flexibility index (Phi) is 12.7. The van der Waals surface area contributed by atoms with Crippen molar-refractivity contribution in [3.8, 4) is 5.75 Å². The van der Waals surface area contributed by atoms with E-state index in [1.165, 1.54) is 6.07 Å². The molecular weight excluding hydrogens is 509 g/mol. The van der Waals surface area contributed by atoms with E-state index >= 15 is 0 Å². The van der Waals surface area contributed by atoms with Crippen LogP contribution in [0.5, 0.6) is 5.75 Å². The summed E-state index contributed by atoms with van der Waals surface area (Å²) in [5.41, 5.74) is 3.34. The van der Waals surface area contributed by atoms with Crippen LogP contribution in [0, 0.1) is 25.6 Å². The van der Waals surface area contributed by atoms with Crippen molar-refractivity contribution in [2.45, 2.75) is 39.2 Å². The van der Waals surface area contributed by atoms with Crippen molar-refractivity contribution < 1.29 is 18.7 Å². The molecule has 1 unspecified atom stereocenters. The fourth-order valence-electron chi connectivity index (χ4n) is 3.23. The third kappa shape index (κ3) is 9.88. The number of carbonyl (C=O) groups excluding carboxylic acids is 1. The number of ether oxygens (including phenoxy) is 2. The summed E-state index contributed by atoms with van der Waals surface area (Å²) in [5.74, 6) is 1.25. The highest BCUT2D eigenvalue weighted by molar-refractivity contribution is 7.99. The molecule has 0 bridgehead atoms. The van der Waals surface area contributed by atoms with Crippen molar-refractivity contribution in [2.75, 3.05) is 24.8 Å². The second-order valence-corrected chi connectivity index (χ2v) is 10.2. The molecule has 3 aromatic carbocycles. The molecule has 1 N–H and O–H groups in total. The minimum atomic E-state index is -0.342. The Bertz CT molecular complexity index is 1160. The quantitative estimate of drug-likeness (QED) is 0.206. The molecule has 0 aliphatic carbocycles. The summed E-state index contributed by atoms with van der Waals surface area (Å²) in [6.45, 7) is 12.0. The summed E-state index contributed by atoms with van der Waals surface area (Å²) in [7, 11) is 1.64. The van der Waals surface area contributed by atoms with Gasteiger partial charge in [-0.15, -0.1) is 18.3 Å². The van der Waals surface area contributed by atoms with Crippen molar-refractivity contribution in [3.05, 3.63) is 100 Å². The first kappa shape index (κ1) is 30.4. The minimum Gasteiger partial charge on any atom is -0.497 e. The van der Waals surface area contributed by atoms with Crippen LogP contribution in [0.1, 0.15) is 40.9 Å². The predicted octanol–water partition coefficient (Wildman–Crippen LogP) is 8.49. The van der Waals surface area contributed by atoms with Gasteiger partial charge in [-0.25, -0.2) is 4.39 Å². The number of hydrogen-bond donors (Lipinski definition) is 1. The molecule has 0 radical (unpaired) electrons. The van der Waals surface area contributed by atoms with Gasteiger partial charge in [-0.2, -0.15) is 0 Å². The molecule has 0 fully saturated rings. The van der Waals surface area contributed by atoms with Crippen LogP contribution in [-0.2, 0) is 11.3 Å². The lowest BCUT2D eigenvalue weighted by Gasteiger charge is -2.14. The zero-order valence-electron chi connectivity index (χ0n) is 22.1. The predicted molar refractivity (Wildman–Crippen MR) is 154 cm³/mol. The summed E-state index contributed by atoms with van der Waals surface area (Å²) < 4.78 is 25.0. The maximum absolute atomic E-state index is 14.0. The molecule has 0 aliphatic rings. The Labute approximate surface area is 229 Å². The van der Waals surface area contributed by atoms with Crippen LogP contribution in [0.2, 0.25) is 5.02 Å². The van der Waals surface area contributed by atoms with Crippen molar-refractivity contribution >= 4 is 35.0 Å². The van der Waals surface area contributed by atoms with E-state index in [0.29, 0.717) is 35.1 Å². The monoisotopic (exact) mass is 543 g/mol. The van der Waals surface area contributed by atoms with Gasteiger partial charge in [0.2, 0.25) is 0 Å². The van der Waals surface area contributed by atoms with Crippen LogP contribution in [0.25, 0.3) is 0 Å². The highest BCUT2D eigenvalue weighted by Gasteiger charge is 2.13. The highest BCUT2D eigenvalue weighted by atomic mass is 35.5. The standard InChI is InChI=1S/C27H29ClFNO3S.C3H6/c1-17(14-33-15-20-5-8-23(32-4)9-6-20)16-34-26-12-21(7-10-24(26)28)27(31)30-22-11-18(2)19(3)25(29)13-22;1-3-2/h5-13,17H,14-16H2,1-4H3,(H,30,31);3H,1H2,2H3. The highest BCUT2D eigenvalue weighted by Crippen LogP contribution is 2.30. The van der Waals surface area contributed by atoms with Crippen LogP contribution < -0.4 is 10.1 Å². The number of carbonyl (C=O) groups is 1. The average Bonchev–Trinajstić information content (AvgIpc) is 2.87. The lowest BCUT2D eigenvalue weighted by Crippen LogP contribution is -2.13. The largest absolute Gasteiger partial charge is 0.497 e. The number of anilines is 1. The maximum atomic E-state index is 14.0. The molecule has 3 rings (SSSR count).